The zero-order chi connectivity index (χ0) is 20.0. The number of alkyl halides is 1. The summed E-state index contributed by atoms with van der Waals surface area (Å²) in [6.45, 7) is 4.38. The average molecular weight is 453 g/mol. The van der Waals surface area contributed by atoms with Crippen LogP contribution in [0.25, 0.3) is 0 Å². The van der Waals surface area contributed by atoms with Gasteiger partial charge < -0.3 is 0 Å². The standard InChI is InChI=1S/C18H29ClN2O3S3/c1-17(2)12-7-8-18(17)11-27(23,24)21(14(18)10-12)15(22)13(6-5-9-19)20-16(25-3)26-4/h12-14H,5-11H2,1-4H3/t12-,13+,14-,18-/m1/s1. The van der Waals surface area contributed by atoms with Crippen LogP contribution in [-0.2, 0) is 14.8 Å². The summed E-state index contributed by atoms with van der Waals surface area (Å²) in [7, 11) is -3.61. The number of fused-ring (bicyclic) bond motifs is 1. The number of nitrogens with zero attached hydrogens (tertiary/aromatic N) is 2. The number of sulfonamides is 1. The third-order valence-corrected chi connectivity index (χ3v) is 11.2. The summed E-state index contributed by atoms with van der Waals surface area (Å²) in [6, 6.07) is -0.879. The van der Waals surface area contributed by atoms with Gasteiger partial charge in [0.25, 0.3) is 5.91 Å². The summed E-state index contributed by atoms with van der Waals surface area (Å²) in [5.74, 6) is 0.670. The van der Waals surface area contributed by atoms with Gasteiger partial charge in [-0.3, -0.25) is 9.79 Å². The van der Waals surface area contributed by atoms with Gasteiger partial charge in [-0.1, -0.05) is 13.8 Å². The summed E-state index contributed by atoms with van der Waals surface area (Å²) in [4.78, 5) is 18.0. The summed E-state index contributed by atoms with van der Waals surface area (Å²) in [5, 5.41) is 0. The van der Waals surface area contributed by atoms with Crippen LogP contribution < -0.4 is 0 Å². The fraction of sp³-hybridized carbons (Fsp3) is 0.889. The van der Waals surface area contributed by atoms with Gasteiger partial charge in [0.1, 0.15) is 10.4 Å². The SMILES string of the molecule is CSC(=N[C@@H](CCCCl)C(=O)N1[C@@H]2C[C@H]3CC[C@]2(CS1(=O)=O)C3(C)C)SC. The van der Waals surface area contributed by atoms with Crippen LogP contribution in [0.15, 0.2) is 4.99 Å². The van der Waals surface area contributed by atoms with Crippen LogP contribution in [0.4, 0.5) is 0 Å². The fourth-order valence-corrected chi connectivity index (χ4v) is 9.41. The van der Waals surface area contributed by atoms with Gasteiger partial charge in [-0.25, -0.2) is 12.7 Å². The van der Waals surface area contributed by atoms with Gasteiger partial charge in [-0.05, 0) is 55.9 Å². The highest BCUT2D eigenvalue weighted by atomic mass is 35.5. The molecule has 0 aromatic rings. The van der Waals surface area contributed by atoms with Crippen LogP contribution in [0.3, 0.4) is 0 Å². The second kappa shape index (κ2) is 7.73. The quantitative estimate of drug-likeness (QED) is 0.360. The Morgan fingerprint density at radius 1 is 1.33 bits per heavy atom. The molecule has 3 fully saturated rings. The Balaban J connectivity index is 1.96. The lowest BCUT2D eigenvalue weighted by Crippen LogP contribution is -2.47. The molecule has 2 bridgehead atoms. The number of carbonyl (C=O) groups is 1. The molecule has 1 heterocycles. The van der Waals surface area contributed by atoms with Gasteiger partial charge in [0, 0.05) is 11.3 Å². The first-order chi connectivity index (χ1) is 12.6. The van der Waals surface area contributed by atoms with Gasteiger partial charge in [-0.2, -0.15) is 0 Å². The Kier molecular flexibility index (Phi) is 6.23. The lowest BCUT2D eigenvalue weighted by molar-refractivity contribution is -0.130. The van der Waals surface area contributed by atoms with E-state index in [0.29, 0.717) is 24.6 Å². The molecule has 0 aromatic carbocycles. The normalized spacial score (nSPS) is 33.7. The van der Waals surface area contributed by atoms with Crippen LogP contribution in [0.5, 0.6) is 0 Å². The predicted octanol–water partition coefficient (Wildman–Crippen LogP) is 3.82. The highest BCUT2D eigenvalue weighted by Gasteiger charge is 2.72. The van der Waals surface area contributed by atoms with Gasteiger partial charge in [-0.15, -0.1) is 35.1 Å². The van der Waals surface area contributed by atoms with Gasteiger partial charge in [0.2, 0.25) is 10.0 Å². The molecule has 2 saturated carbocycles. The lowest BCUT2D eigenvalue weighted by Gasteiger charge is -2.37. The molecule has 4 atom stereocenters. The first-order valence-corrected chi connectivity index (χ1v) is 14.0. The number of halogens is 1. The van der Waals surface area contributed by atoms with Crippen molar-refractivity contribution < 1.29 is 13.2 Å². The van der Waals surface area contributed by atoms with Crippen molar-refractivity contribution in [3.63, 3.8) is 0 Å². The van der Waals surface area contributed by atoms with E-state index < -0.39 is 16.1 Å². The molecule has 0 aromatic heterocycles. The largest absolute Gasteiger partial charge is 0.271 e. The first-order valence-electron chi connectivity index (χ1n) is 9.42. The molecule has 5 nitrogen and oxygen atoms in total. The summed E-state index contributed by atoms with van der Waals surface area (Å²) < 4.78 is 28.3. The minimum Gasteiger partial charge on any atom is -0.271 e. The Morgan fingerprint density at radius 3 is 2.56 bits per heavy atom. The van der Waals surface area contributed by atoms with Crippen LogP contribution >= 0.6 is 35.1 Å². The fourth-order valence-electron chi connectivity index (χ4n) is 5.56. The van der Waals surface area contributed by atoms with Crippen molar-refractivity contribution in [2.45, 2.75) is 58.0 Å². The maximum Gasteiger partial charge on any atom is 0.261 e. The smallest absolute Gasteiger partial charge is 0.261 e. The molecule has 9 heteroatoms. The average Bonchev–Trinajstić information content (AvgIpc) is 3.09. The maximum atomic E-state index is 13.4. The summed E-state index contributed by atoms with van der Waals surface area (Å²) >= 11 is 8.81. The Labute approximate surface area is 176 Å². The molecular formula is C18H29ClN2O3S3. The van der Waals surface area contributed by atoms with E-state index in [2.05, 4.69) is 18.8 Å². The van der Waals surface area contributed by atoms with Gasteiger partial charge in [0.15, 0.2) is 0 Å². The summed E-state index contributed by atoms with van der Waals surface area (Å²) in [6.07, 6.45) is 7.70. The van der Waals surface area contributed by atoms with E-state index in [1.54, 1.807) is 0 Å². The number of thioether (sulfide) groups is 2. The monoisotopic (exact) mass is 452 g/mol. The van der Waals surface area contributed by atoms with E-state index >= 15 is 0 Å². The number of amides is 1. The van der Waals surface area contributed by atoms with Crippen molar-refractivity contribution in [3.05, 3.63) is 0 Å². The Bertz CT molecular complexity index is 734. The molecule has 2 aliphatic carbocycles. The van der Waals surface area contributed by atoms with Crippen LogP contribution in [-0.4, -0.2) is 59.2 Å². The second-order valence-electron chi connectivity index (χ2n) is 8.41. The molecule has 154 valence electrons. The zero-order valence-electron chi connectivity index (χ0n) is 16.4. The number of hydrogen-bond acceptors (Lipinski definition) is 6. The molecule has 1 saturated heterocycles. The van der Waals surface area contributed by atoms with Gasteiger partial charge in [0.05, 0.1) is 11.8 Å². The molecule has 0 radical (unpaired) electrons. The number of aliphatic imine (C=N–C) groups is 1. The molecule has 3 rings (SSSR count). The molecule has 1 amide bonds. The molecule has 1 aliphatic heterocycles. The minimum absolute atomic E-state index is 0.0433. The second-order valence-corrected chi connectivity index (χ2v) is 12.5. The number of hydrogen-bond donors (Lipinski definition) is 0. The van der Waals surface area contributed by atoms with Crippen LogP contribution in [0.1, 0.15) is 46.0 Å². The van der Waals surface area contributed by atoms with Crippen molar-refractivity contribution in [1.82, 2.24) is 4.31 Å². The highest BCUT2D eigenvalue weighted by molar-refractivity contribution is 8.38. The molecule has 0 unspecified atom stereocenters. The molecular weight excluding hydrogens is 424 g/mol. The Morgan fingerprint density at radius 2 is 2.00 bits per heavy atom. The number of rotatable bonds is 5. The number of carbonyl (C=O) groups excluding carboxylic acids is 1. The van der Waals surface area contributed by atoms with Crippen molar-refractivity contribution in [3.8, 4) is 0 Å². The van der Waals surface area contributed by atoms with Crippen LogP contribution in [0, 0.1) is 16.7 Å². The predicted molar refractivity (Wildman–Crippen MR) is 116 cm³/mol. The topological polar surface area (TPSA) is 66.8 Å². The van der Waals surface area contributed by atoms with E-state index in [-0.39, 0.29) is 28.5 Å². The maximum absolute atomic E-state index is 13.4. The minimum atomic E-state index is -3.61. The Hall–Kier alpha value is 0.0800. The van der Waals surface area contributed by atoms with Crippen molar-refractivity contribution in [1.29, 1.82) is 0 Å². The van der Waals surface area contributed by atoms with E-state index in [4.69, 9.17) is 11.6 Å². The van der Waals surface area contributed by atoms with E-state index in [9.17, 15) is 13.2 Å². The third kappa shape index (κ3) is 3.36. The van der Waals surface area contributed by atoms with Crippen molar-refractivity contribution in [2.75, 3.05) is 24.1 Å². The van der Waals surface area contributed by atoms with E-state index in [1.165, 1.54) is 27.8 Å². The van der Waals surface area contributed by atoms with Crippen molar-refractivity contribution in [2.24, 2.45) is 21.7 Å². The third-order valence-electron chi connectivity index (χ3n) is 7.14. The van der Waals surface area contributed by atoms with Crippen LogP contribution in [0.2, 0.25) is 0 Å². The molecule has 3 aliphatic rings. The molecule has 0 N–H and O–H groups in total. The summed E-state index contributed by atoms with van der Waals surface area (Å²) in [5.41, 5.74) is -0.340. The van der Waals surface area contributed by atoms with E-state index in [1.807, 2.05) is 12.5 Å². The zero-order valence-corrected chi connectivity index (χ0v) is 19.6. The van der Waals surface area contributed by atoms with Gasteiger partial charge >= 0.3 is 0 Å². The first kappa shape index (κ1) is 21.8. The molecule has 1 spiro atoms. The van der Waals surface area contributed by atoms with E-state index in [0.717, 1.165) is 23.6 Å². The van der Waals surface area contributed by atoms with Crippen molar-refractivity contribution >= 4 is 55.4 Å². The lowest BCUT2D eigenvalue weighted by atomic mass is 9.69. The highest BCUT2D eigenvalue weighted by Crippen LogP contribution is 2.70. The molecule has 27 heavy (non-hydrogen) atoms.